The van der Waals surface area contributed by atoms with E-state index >= 15 is 0 Å². The third-order valence-electron chi connectivity index (χ3n) is 5.55. The first-order valence-corrected chi connectivity index (χ1v) is 10.3. The zero-order valence-corrected chi connectivity index (χ0v) is 17.1. The molecule has 0 unspecified atom stereocenters. The molecule has 1 aromatic heterocycles. The molecule has 0 radical (unpaired) electrons. The molecule has 28 heavy (non-hydrogen) atoms. The lowest BCUT2D eigenvalue weighted by Crippen LogP contribution is -2.40. The Morgan fingerprint density at radius 2 is 1.79 bits per heavy atom. The highest BCUT2D eigenvalue weighted by atomic mass is 16.2. The fourth-order valence-corrected chi connectivity index (χ4v) is 3.94. The molecule has 1 aliphatic rings. The highest BCUT2D eigenvalue weighted by molar-refractivity contribution is 5.98. The van der Waals surface area contributed by atoms with Crippen LogP contribution in [-0.4, -0.2) is 34.7 Å². The Bertz CT molecular complexity index is 819. The molecule has 1 amide bonds. The highest BCUT2D eigenvalue weighted by Gasteiger charge is 2.29. The summed E-state index contributed by atoms with van der Waals surface area (Å²) >= 11 is 0. The van der Waals surface area contributed by atoms with Crippen molar-refractivity contribution in [1.82, 2.24) is 9.88 Å². The minimum absolute atomic E-state index is 0.00286. The van der Waals surface area contributed by atoms with Crippen molar-refractivity contribution in [3.05, 3.63) is 65.0 Å². The Kier molecular flexibility index (Phi) is 6.61. The van der Waals surface area contributed by atoms with E-state index in [0.717, 1.165) is 42.4 Å². The second kappa shape index (κ2) is 9.13. The number of aromatic nitrogens is 1. The number of pyridine rings is 1. The van der Waals surface area contributed by atoms with Crippen molar-refractivity contribution in [1.29, 1.82) is 0 Å². The first-order chi connectivity index (χ1) is 13.5. The molecule has 2 aromatic rings. The van der Waals surface area contributed by atoms with Gasteiger partial charge >= 0.3 is 0 Å². The number of nitrogens with zero attached hydrogens (tertiary/aromatic N) is 2. The molecule has 1 fully saturated rings. The molecule has 4 heteroatoms. The number of benzene rings is 1. The summed E-state index contributed by atoms with van der Waals surface area (Å²) in [5.41, 5.74) is 3.78. The summed E-state index contributed by atoms with van der Waals surface area (Å²) in [4.78, 5) is 31.7. The van der Waals surface area contributed by atoms with Crippen LogP contribution < -0.4 is 0 Å². The molecule has 4 nitrogen and oxygen atoms in total. The van der Waals surface area contributed by atoms with Gasteiger partial charge in [-0.05, 0) is 48.8 Å². The summed E-state index contributed by atoms with van der Waals surface area (Å²) in [6.07, 6.45) is 6.72. The third kappa shape index (κ3) is 4.67. The van der Waals surface area contributed by atoms with Gasteiger partial charge in [0.1, 0.15) is 0 Å². The summed E-state index contributed by atoms with van der Waals surface area (Å²) in [5.74, 6) is 0.879. The van der Waals surface area contributed by atoms with Gasteiger partial charge in [-0.1, -0.05) is 45.0 Å². The SMILES string of the molecule is CCc1cnccc1C(=O)N1CCC(C(=O)c2ccc(CC(C)C)cc2)CC1. The van der Waals surface area contributed by atoms with Crippen LogP contribution in [0.5, 0.6) is 0 Å². The molecule has 0 atom stereocenters. The van der Waals surface area contributed by atoms with E-state index in [1.54, 1.807) is 18.5 Å². The Labute approximate surface area is 168 Å². The maximum atomic E-state index is 12.9. The second-order valence-electron chi connectivity index (χ2n) is 8.11. The Balaban J connectivity index is 1.60. The summed E-state index contributed by atoms with van der Waals surface area (Å²) in [6, 6.07) is 9.87. The molecule has 1 saturated heterocycles. The molecule has 0 aliphatic carbocycles. The number of hydrogen-bond donors (Lipinski definition) is 0. The topological polar surface area (TPSA) is 50.3 Å². The van der Waals surface area contributed by atoms with Crippen LogP contribution >= 0.6 is 0 Å². The Morgan fingerprint density at radius 1 is 1.11 bits per heavy atom. The van der Waals surface area contributed by atoms with Crippen LogP contribution in [0, 0.1) is 11.8 Å². The summed E-state index contributed by atoms with van der Waals surface area (Å²) < 4.78 is 0. The smallest absolute Gasteiger partial charge is 0.254 e. The van der Waals surface area contributed by atoms with Crippen molar-refractivity contribution in [2.75, 3.05) is 13.1 Å². The van der Waals surface area contributed by atoms with Crippen LogP contribution in [-0.2, 0) is 12.8 Å². The largest absolute Gasteiger partial charge is 0.339 e. The molecule has 1 aromatic carbocycles. The van der Waals surface area contributed by atoms with E-state index in [2.05, 4.69) is 31.0 Å². The van der Waals surface area contributed by atoms with E-state index < -0.39 is 0 Å². The fourth-order valence-electron chi connectivity index (χ4n) is 3.94. The minimum Gasteiger partial charge on any atom is -0.339 e. The van der Waals surface area contributed by atoms with Gasteiger partial charge < -0.3 is 4.90 Å². The van der Waals surface area contributed by atoms with E-state index in [1.807, 2.05) is 24.0 Å². The van der Waals surface area contributed by atoms with Crippen molar-refractivity contribution in [2.24, 2.45) is 11.8 Å². The van der Waals surface area contributed by atoms with Gasteiger partial charge in [-0.3, -0.25) is 14.6 Å². The molecule has 3 rings (SSSR count). The van der Waals surface area contributed by atoms with E-state index in [1.165, 1.54) is 5.56 Å². The second-order valence-corrected chi connectivity index (χ2v) is 8.11. The van der Waals surface area contributed by atoms with Gasteiger partial charge in [0.15, 0.2) is 5.78 Å². The molecular weight excluding hydrogens is 348 g/mol. The van der Waals surface area contributed by atoms with Gasteiger partial charge in [0.2, 0.25) is 0 Å². The zero-order valence-electron chi connectivity index (χ0n) is 17.1. The summed E-state index contributed by atoms with van der Waals surface area (Å²) in [6.45, 7) is 7.69. The predicted octanol–water partition coefficient (Wildman–Crippen LogP) is 4.58. The van der Waals surface area contributed by atoms with Gasteiger partial charge in [-0.2, -0.15) is 0 Å². The van der Waals surface area contributed by atoms with Crippen molar-refractivity contribution in [3.63, 3.8) is 0 Å². The summed E-state index contributed by atoms with van der Waals surface area (Å²) in [7, 11) is 0. The molecule has 2 heterocycles. The van der Waals surface area contributed by atoms with Crippen molar-refractivity contribution < 1.29 is 9.59 Å². The van der Waals surface area contributed by atoms with E-state index in [4.69, 9.17) is 0 Å². The average molecular weight is 379 g/mol. The predicted molar refractivity (Wildman–Crippen MR) is 112 cm³/mol. The van der Waals surface area contributed by atoms with Crippen molar-refractivity contribution >= 4 is 11.7 Å². The van der Waals surface area contributed by atoms with Crippen LogP contribution in [0.25, 0.3) is 0 Å². The number of carbonyl (C=O) groups excluding carboxylic acids is 2. The molecule has 0 saturated carbocycles. The molecule has 0 spiro atoms. The van der Waals surface area contributed by atoms with Crippen LogP contribution in [0.15, 0.2) is 42.7 Å². The van der Waals surface area contributed by atoms with E-state index in [0.29, 0.717) is 19.0 Å². The number of piperidine rings is 1. The van der Waals surface area contributed by atoms with Gasteiger partial charge in [0, 0.05) is 42.5 Å². The lowest BCUT2D eigenvalue weighted by Gasteiger charge is -2.31. The number of ketones is 1. The van der Waals surface area contributed by atoms with Crippen molar-refractivity contribution in [2.45, 2.75) is 46.5 Å². The van der Waals surface area contributed by atoms with Gasteiger partial charge in [0.05, 0.1) is 0 Å². The maximum Gasteiger partial charge on any atom is 0.254 e. The number of carbonyl (C=O) groups is 2. The lowest BCUT2D eigenvalue weighted by atomic mass is 9.88. The number of aryl methyl sites for hydroxylation is 1. The molecule has 148 valence electrons. The highest BCUT2D eigenvalue weighted by Crippen LogP contribution is 2.24. The van der Waals surface area contributed by atoms with E-state index in [9.17, 15) is 9.59 Å². The monoisotopic (exact) mass is 378 g/mol. The first-order valence-electron chi connectivity index (χ1n) is 10.3. The van der Waals surface area contributed by atoms with Gasteiger partial charge in [-0.15, -0.1) is 0 Å². The van der Waals surface area contributed by atoms with Crippen LogP contribution in [0.2, 0.25) is 0 Å². The molecular formula is C24H30N2O2. The number of amides is 1. The molecule has 1 aliphatic heterocycles. The van der Waals surface area contributed by atoms with Crippen LogP contribution in [0.1, 0.15) is 65.5 Å². The Morgan fingerprint density at radius 3 is 2.39 bits per heavy atom. The average Bonchev–Trinajstić information content (AvgIpc) is 2.73. The van der Waals surface area contributed by atoms with Crippen LogP contribution in [0.4, 0.5) is 0 Å². The number of hydrogen-bond acceptors (Lipinski definition) is 3. The standard InChI is InChI=1S/C24H30N2O2/c1-4-19-16-25-12-9-22(19)24(28)26-13-10-21(11-14-26)23(27)20-7-5-18(6-8-20)15-17(2)3/h5-9,12,16-17,21H,4,10-11,13-15H2,1-3H3. The number of Topliss-reactive ketones (excluding diaryl/α,β-unsaturated/α-hetero) is 1. The zero-order chi connectivity index (χ0) is 20.1. The van der Waals surface area contributed by atoms with E-state index in [-0.39, 0.29) is 17.6 Å². The number of likely N-dealkylation sites (tertiary alicyclic amines) is 1. The quantitative estimate of drug-likeness (QED) is 0.692. The van der Waals surface area contributed by atoms with Crippen LogP contribution in [0.3, 0.4) is 0 Å². The number of rotatable bonds is 6. The van der Waals surface area contributed by atoms with Crippen molar-refractivity contribution in [3.8, 4) is 0 Å². The molecule has 0 bridgehead atoms. The minimum atomic E-state index is 0.00286. The molecule has 0 N–H and O–H groups in total. The Hall–Kier alpha value is -2.49. The third-order valence-corrected chi connectivity index (χ3v) is 5.55. The maximum absolute atomic E-state index is 12.9. The fraction of sp³-hybridized carbons (Fsp3) is 0.458. The lowest BCUT2D eigenvalue weighted by molar-refractivity contribution is 0.0649. The van der Waals surface area contributed by atoms with Gasteiger partial charge in [0.25, 0.3) is 5.91 Å². The first kappa shape index (κ1) is 20.2. The normalized spacial score (nSPS) is 15.1. The van der Waals surface area contributed by atoms with Gasteiger partial charge in [-0.25, -0.2) is 0 Å². The summed E-state index contributed by atoms with van der Waals surface area (Å²) in [5, 5.41) is 0.